The molecule has 12 heavy (non-hydrogen) atoms. The largest absolute Gasteiger partial charge is 0.330 e. The summed E-state index contributed by atoms with van der Waals surface area (Å²) in [5.41, 5.74) is 5.80. The maximum Gasteiger partial charge on any atom is 0.0739 e. The summed E-state index contributed by atoms with van der Waals surface area (Å²) >= 11 is 0. The molecule has 0 saturated carbocycles. The molecule has 0 bridgehead atoms. The maximum atomic E-state index is 5.96. The second-order valence-electron chi connectivity index (χ2n) is 5.22. The third-order valence-corrected chi connectivity index (χ3v) is 1.99. The van der Waals surface area contributed by atoms with Gasteiger partial charge in [-0.25, -0.2) is 0 Å². The van der Waals surface area contributed by atoms with Gasteiger partial charge in [0.1, 0.15) is 0 Å². The van der Waals surface area contributed by atoms with E-state index in [2.05, 4.69) is 27.7 Å². The number of nitrogens with two attached hydrogens (primary N) is 1. The summed E-state index contributed by atoms with van der Waals surface area (Å²) in [6.07, 6.45) is 3.33. The molecule has 0 fully saturated rings. The van der Waals surface area contributed by atoms with Crippen molar-refractivity contribution in [2.75, 3.05) is 6.54 Å². The molecule has 0 aliphatic heterocycles. The Bertz CT molecular complexity index is 124. The third kappa shape index (κ3) is 6.72. The average Bonchev–Trinajstić information content (AvgIpc) is 1.78. The zero-order valence-electron chi connectivity index (χ0n) is 8.98. The summed E-state index contributed by atoms with van der Waals surface area (Å²) in [6, 6.07) is 0. The summed E-state index contributed by atoms with van der Waals surface area (Å²) in [7, 11) is 5.96. The summed E-state index contributed by atoms with van der Waals surface area (Å²) in [4.78, 5) is 0. The highest BCUT2D eigenvalue weighted by molar-refractivity contribution is 6.14. The molecule has 0 heterocycles. The van der Waals surface area contributed by atoms with E-state index in [9.17, 15) is 0 Å². The molecule has 0 atom stereocenters. The minimum Gasteiger partial charge on any atom is -0.330 e. The van der Waals surface area contributed by atoms with Gasteiger partial charge in [0, 0.05) is 0 Å². The molecular formula is C10H22BN. The van der Waals surface area contributed by atoms with Crippen LogP contribution in [0.2, 0.25) is 5.31 Å². The van der Waals surface area contributed by atoms with Crippen LogP contribution in [0.3, 0.4) is 0 Å². The fraction of sp³-hybridized carbons (Fsp3) is 1.00. The normalized spacial score (nSPS) is 13.4. The highest BCUT2D eigenvalue weighted by Crippen LogP contribution is 2.38. The zero-order chi connectivity index (χ0) is 9.83. The minimum absolute atomic E-state index is 0.0574. The van der Waals surface area contributed by atoms with Crippen molar-refractivity contribution in [3.8, 4) is 0 Å². The fourth-order valence-electron chi connectivity index (χ4n) is 1.90. The van der Waals surface area contributed by atoms with E-state index in [0.717, 1.165) is 19.4 Å². The molecule has 0 saturated heterocycles. The van der Waals surface area contributed by atoms with Crippen molar-refractivity contribution in [3.63, 3.8) is 0 Å². The van der Waals surface area contributed by atoms with Crippen LogP contribution in [0.15, 0.2) is 0 Å². The number of hydrogen-bond donors (Lipinski definition) is 1. The van der Waals surface area contributed by atoms with Gasteiger partial charge >= 0.3 is 0 Å². The molecular weight excluding hydrogens is 145 g/mol. The van der Waals surface area contributed by atoms with Gasteiger partial charge in [-0.05, 0) is 24.8 Å². The highest BCUT2D eigenvalue weighted by atomic mass is 14.5. The molecule has 0 aromatic rings. The Kier molecular flexibility index (Phi) is 4.32. The monoisotopic (exact) mass is 167 g/mol. The van der Waals surface area contributed by atoms with Gasteiger partial charge in [-0.3, -0.25) is 0 Å². The van der Waals surface area contributed by atoms with Crippen LogP contribution in [-0.2, 0) is 0 Å². The van der Waals surface area contributed by atoms with Crippen LogP contribution in [0.5, 0.6) is 0 Å². The Hall–Kier alpha value is 0.0249. The molecule has 70 valence electrons. The first-order chi connectivity index (χ1) is 5.27. The molecule has 0 unspecified atom stereocenters. The molecule has 1 nitrogen and oxygen atoms in total. The second-order valence-corrected chi connectivity index (χ2v) is 5.22. The molecule has 0 amide bonds. The van der Waals surface area contributed by atoms with E-state index in [1.807, 2.05) is 0 Å². The van der Waals surface area contributed by atoms with Gasteiger partial charge in [-0.1, -0.05) is 39.4 Å². The van der Waals surface area contributed by atoms with Gasteiger partial charge < -0.3 is 5.73 Å². The first-order valence-electron chi connectivity index (χ1n) is 4.76. The van der Waals surface area contributed by atoms with Crippen LogP contribution in [0, 0.1) is 5.41 Å². The highest BCUT2D eigenvalue weighted by Gasteiger charge is 2.24. The van der Waals surface area contributed by atoms with E-state index < -0.39 is 0 Å². The Morgan fingerprint density at radius 2 is 1.67 bits per heavy atom. The average molecular weight is 167 g/mol. The van der Waals surface area contributed by atoms with Gasteiger partial charge in [0.25, 0.3) is 0 Å². The van der Waals surface area contributed by atoms with Crippen LogP contribution in [0.25, 0.3) is 0 Å². The van der Waals surface area contributed by atoms with Gasteiger partial charge in [0.15, 0.2) is 0 Å². The Labute approximate surface area is 78.5 Å². The number of rotatable bonds is 5. The summed E-state index contributed by atoms with van der Waals surface area (Å²) in [5.74, 6) is 0. The predicted octanol–water partition coefficient (Wildman–Crippen LogP) is 2.51. The molecule has 2 heteroatoms. The van der Waals surface area contributed by atoms with Crippen molar-refractivity contribution in [2.45, 2.75) is 52.3 Å². The molecule has 0 aromatic heterocycles. The molecule has 2 radical (unpaired) electrons. The van der Waals surface area contributed by atoms with Crippen molar-refractivity contribution in [2.24, 2.45) is 11.1 Å². The van der Waals surface area contributed by atoms with Crippen molar-refractivity contribution < 1.29 is 0 Å². The molecule has 2 N–H and O–H groups in total. The lowest BCUT2D eigenvalue weighted by molar-refractivity contribution is 0.268. The first kappa shape index (κ1) is 12.0. The maximum absolute atomic E-state index is 5.96. The quantitative estimate of drug-likeness (QED) is 0.625. The third-order valence-electron chi connectivity index (χ3n) is 1.99. The van der Waals surface area contributed by atoms with E-state index in [0.29, 0.717) is 5.41 Å². The van der Waals surface area contributed by atoms with E-state index in [1.54, 1.807) is 0 Å². The van der Waals surface area contributed by atoms with Crippen LogP contribution < -0.4 is 5.73 Å². The minimum atomic E-state index is -0.0574. The van der Waals surface area contributed by atoms with Gasteiger partial charge in [-0.2, -0.15) is 0 Å². The SMILES string of the molecule is [B]C(C)(C)CC(C)(C)CCCN. The summed E-state index contributed by atoms with van der Waals surface area (Å²) in [6.45, 7) is 9.47. The lowest BCUT2D eigenvalue weighted by Crippen LogP contribution is -2.20. The van der Waals surface area contributed by atoms with Gasteiger partial charge in [-0.15, -0.1) is 0 Å². The molecule has 0 aromatic carbocycles. The zero-order valence-corrected chi connectivity index (χ0v) is 8.98. The molecule has 0 rings (SSSR count). The van der Waals surface area contributed by atoms with Crippen LogP contribution in [-0.4, -0.2) is 14.4 Å². The molecule has 0 aliphatic rings. The topological polar surface area (TPSA) is 26.0 Å². The Morgan fingerprint density at radius 1 is 1.17 bits per heavy atom. The van der Waals surface area contributed by atoms with E-state index in [-0.39, 0.29) is 5.31 Å². The summed E-state index contributed by atoms with van der Waals surface area (Å²) < 4.78 is 0. The van der Waals surface area contributed by atoms with Crippen molar-refractivity contribution in [3.05, 3.63) is 0 Å². The summed E-state index contributed by atoms with van der Waals surface area (Å²) in [5, 5.41) is -0.0574. The van der Waals surface area contributed by atoms with Gasteiger partial charge in [0.2, 0.25) is 0 Å². The van der Waals surface area contributed by atoms with Crippen LogP contribution >= 0.6 is 0 Å². The number of hydrogen-bond acceptors (Lipinski definition) is 1. The lowest BCUT2D eigenvalue weighted by Gasteiger charge is -2.32. The molecule has 0 spiro atoms. The van der Waals surface area contributed by atoms with Gasteiger partial charge in [0.05, 0.1) is 7.85 Å². The second kappa shape index (κ2) is 4.31. The Balaban J connectivity index is 3.86. The predicted molar refractivity (Wildman–Crippen MR) is 56.5 cm³/mol. The Morgan fingerprint density at radius 3 is 2.00 bits per heavy atom. The van der Waals surface area contributed by atoms with Crippen molar-refractivity contribution in [1.29, 1.82) is 0 Å². The van der Waals surface area contributed by atoms with E-state index >= 15 is 0 Å². The lowest BCUT2D eigenvalue weighted by atomic mass is 9.62. The van der Waals surface area contributed by atoms with E-state index in [1.165, 1.54) is 6.42 Å². The standard InChI is InChI=1S/C10H22BN/c1-9(2,6-5-7-12)8-10(3,4)11/h5-8,12H2,1-4H3. The van der Waals surface area contributed by atoms with E-state index in [4.69, 9.17) is 13.6 Å². The first-order valence-corrected chi connectivity index (χ1v) is 4.76. The van der Waals surface area contributed by atoms with Crippen LogP contribution in [0.4, 0.5) is 0 Å². The smallest absolute Gasteiger partial charge is 0.0739 e. The van der Waals surface area contributed by atoms with Crippen molar-refractivity contribution in [1.82, 2.24) is 0 Å². The van der Waals surface area contributed by atoms with Crippen LogP contribution in [0.1, 0.15) is 47.0 Å². The fourth-order valence-corrected chi connectivity index (χ4v) is 1.90. The van der Waals surface area contributed by atoms with Crippen molar-refractivity contribution >= 4 is 7.85 Å². The molecule has 0 aliphatic carbocycles.